The number of aryl methyl sites for hydroxylation is 1. The summed E-state index contributed by atoms with van der Waals surface area (Å²) in [4.78, 5) is 7.39. The summed E-state index contributed by atoms with van der Waals surface area (Å²) in [6.07, 6.45) is 1.96. The zero-order valence-corrected chi connectivity index (χ0v) is 6.26. The summed E-state index contributed by atoms with van der Waals surface area (Å²) in [5.41, 5.74) is 0.583. The second-order valence-electron chi connectivity index (χ2n) is 1.82. The number of nitrogens with zero attached hydrogens (tertiary/aromatic N) is 2. The summed E-state index contributed by atoms with van der Waals surface area (Å²) in [7, 11) is 0. The molecule has 10 heavy (non-hydrogen) atoms. The molecule has 0 aliphatic rings. The Labute approximate surface area is 63.7 Å². The molecule has 1 aromatic rings. The molecule has 1 N–H and O–H groups in total. The fourth-order valence-corrected chi connectivity index (χ4v) is 0.797. The summed E-state index contributed by atoms with van der Waals surface area (Å²) in [6, 6.07) is 0. The van der Waals surface area contributed by atoms with E-state index in [0.29, 0.717) is 12.1 Å². The zero-order chi connectivity index (χ0) is 7.56. The highest BCUT2D eigenvalue weighted by molar-refractivity contribution is 6.28. The van der Waals surface area contributed by atoms with Gasteiger partial charge in [0.1, 0.15) is 0 Å². The van der Waals surface area contributed by atoms with Gasteiger partial charge in [-0.15, -0.1) is 0 Å². The molecule has 0 fully saturated rings. The van der Waals surface area contributed by atoms with Crippen LogP contribution < -0.4 is 0 Å². The van der Waals surface area contributed by atoms with Gasteiger partial charge < -0.3 is 5.11 Å². The van der Waals surface area contributed by atoms with Gasteiger partial charge in [0.05, 0.1) is 11.9 Å². The van der Waals surface area contributed by atoms with Gasteiger partial charge >= 0.3 is 0 Å². The van der Waals surface area contributed by atoms with Crippen LogP contribution in [0.3, 0.4) is 0 Å². The average Bonchev–Trinajstić information content (AvgIpc) is 1.94. The Kier molecular flexibility index (Phi) is 2.06. The highest BCUT2D eigenvalue weighted by Gasteiger charge is 2.00. The molecule has 1 rings (SSSR count). The van der Waals surface area contributed by atoms with Crippen LogP contribution >= 0.6 is 11.6 Å². The van der Waals surface area contributed by atoms with Crippen molar-refractivity contribution in [2.45, 2.75) is 13.3 Å². The topological polar surface area (TPSA) is 46.0 Å². The molecule has 0 amide bonds. The molecule has 4 heteroatoms. The van der Waals surface area contributed by atoms with Crippen molar-refractivity contribution >= 4 is 11.6 Å². The van der Waals surface area contributed by atoms with Crippen LogP contribution in [-0.4, -0.2) is 15.1 Å². The van der Waals surface area contributed by atoms with E-state index in [0.717, 1.165) is 0 Å². The van der Waals surface area contributed by atoms with E-state index >= 15 is 0 Å². The number of hydrogen-bond donors (Lipinski definition) is 1. The fraction of sp³-hybridized carbons (Fsp3) is 0.333. The maximum absolute atomic E-state index is 9.05. The van der Waals surface area contributed by atoms with Crippen LogP contribution in [0.25, 0.3) is 0 Å². The first-order valence-electron chi connectivity index (χ1n) is 2.94. The van der Waals surface area contributed by atoms with Gasteiger partial charge in [-0.05, 0) is 18.0 Å². The van der Waals surface area contributed by atoms with Crippen molar-refractivity contribution < 1.29 is 5.11 Å². The lowest BCUT2D eigenvalue weighted by Gasteiger charge is -1.97. The van der Waals surface area contributed by atoms with Crippen molar-refractivity contribution in [1.29, 1.82) is 0 Å². The van der Waals surface area contributed by atoms with Gasteiger partial charge in [0.15, 0.2) is 5.75 Å². The van der Waals surface area contributed by atoms with Gasteiger partial charge in [0, 0.05) is 0 Å². The maximum Gasteiger partial charge on any atom is 0.222 e. The summed E-state index contributed by atoms with van der Waals surface area (Å²) < 4.78 is 0. The predicted octanol–water partition coefficient (Wildman–Crippen LogP) is 1.40. The van der Waals surface area contributed by atoms with E-state index in [2.05, 4.69) is 9.97 Å². The standard InChI is InChI=1S/C6H7ClN2O/c1-2-4-5(10)3-8-6(7)9-4/h3,10H,2H2,1H3. The third kappa shape index (κ3) is 1.36. The maximum atomic E-state index is 9.05. The monoisotopic (exact) mass is 158 g/mol. The molecule has 1 heterocycles. The van der Waals surface area contributed by atoms with E-state index in [1.807, 2.05) is 6.92 Å². The number of halogens is 1. The number of rotatable bonds is 1. The molecule has 0 unspecified atom stereocenters. The average molecular weight is 159 g/mol. The lowest BCUT2D eigenvalue weighted by molar-refractivity contribution is 0.461. The molecule has 0 atom stereocenters. The van der Waals surface area contributed by atoms with Crippen LogP contribution in [0.4, 0.5) is 0 Å². The minimum atomic E-state index is 0.104. The molecule has 1 aromatic heterocycles. The van der Waals surface area contributed by atoms with Crippen LogP contribution in [0.15, 0.2) is 6.20 Å². The largest absolute Gasteiger partial charge is 0.504 e. The molecule has 3 nitrogen and oxygen atoms in total. The van der Waals surface area contributed by atoms with Gasteiger partial charge in [-0.1, -0.05) is 6.92 Å². The first kappa shape index (κ1) is 7.28. The SMILES string of the molecule is CCc1nc(Cl)ncc1O. The van der Waals surface area contributed by atoms with Crippen molar-refractivity contribution in [2.24, 2.45) is 0 Å². The molecular formula is C6H7ClN2O. The van der Waals surface area contributed by atoms with Crippen molar-refractivity contribution in [2.75, 3.05) is 0 Å². The molecule has 0 bridgehead atoms. The number of aromatic nitrogens is 2. The van der Waals surface area contributed by atoms with Crippen molar-refractivity contribution in [3.8, 4) is 5.75 Å². The summed E-state index contributed by atoms with van der Waals surface area (Å²) in [6.45, 7) is 1.89. The summed E-state index contributed by atoms with van der Waals surface area (Å²) in [5, 5.41) is 9.23. The van der Waals surface area contributed by atoms with Crippen molar-refractivity contribution in [1.82, 2.24) is 9.97 Å². The Balaban J connectivity index is 3.09. The van der Waals surface area contributed by atoms with Crippen LogP contribution in [0, 0.1) is 0 Å². The third-order valence-electron chi connectivity index (χ3n) is 1.15. The molecule has 0 saturated heterocycles. The minimum absolute atomic E-state index is 0.104. The van der Waals surface area contributed by atoms with Crippen LogP contribution in [-0.2, 0) is 6.42 Å². The van der Waals surface area contributed by atoms with Crippen LogP contribution in [0.1, 0.15) is 12.6 Å². The molecule has 0 aromatic carbocycles. The first-order chi connectivity index (χ1) is 4.74. The molecule has 0 radical (unpaired) electrons. The Morgan fingerprint density at radius 3 is 2.90 bits per heavy atom. The van der Waals surface area contributed by atoms with E-state index in [4.69, 9.17) is 16.7 Å². The smallest absolute Gasteiger partial charge is 0.222 e. The predicted molar refractivity (Wildman–Crippen MR) is 38.1 cm³/mol. The first-order valence-corrected chi connectivity index (χ1v) is 3.32. The summed E-state index contributed by atoms with van der Waals surface area (Å²) in [5.74, 6) is 0.104. The van der Waals surface area contributed by atoms with Crippen LogP contribution in [0.2, 0.25) is 5.28 Å². The quantitative estimate of drug-likeness (QED) is 0.629. The zero-order valence-electron chi connectivity index (χ0n) is 5.50. The van der Waals surface area contributed by atoms with Gasteiger partial charge in [-0.25, -0.2) is 9.97 Å². The van der Waals surface area contributed by atoms with Gasteiger partial charge in [-0.2, -0.15) is 0 Å². The van der Waals surface area contributed by atoms with E-state index in [9.17, 15) is 0 Å². The third-order valence-corrected chi connectivity index (χ3v) is 1.33. The highest BCUT2D eigenvalue weighted by atomic mass is 35.5. The van der Waals surface area contributed by atoms with Gasteiger partial charge in [0.25, 0.3) is 0 Å². The molecular weight excluding hydrogens is 152 g/mol. The van der Waals surface area contributed by atoms with Crippen molar-refractivity contribution in [3.63, 3.8) is 0 Å². The lowest BCUT2D eigenvalue weighted by Crippen LogP contribution is -1.89. The van der Waals surface area contributed by atoms with E-state index in [1.165, 1.54) is 6.20 Å². The van der Waals surface area contributed by atoms with Crippen LogP contribution in [0.5, 0.6) is 5.75 Å². The molecule has 0 saturated carbocycles. The van der Waals surface area contributed by atoms with E-state index < -0.39 is 0 Å². The molecule has 0 spiro atoms. The lowest BCUT2D eigenvalue weighted by atomic mass is 10.3. The van der Waals surface area contributed by atoms with Gasteiger partial charge in [-0.3, -0.25) is 0 Å². The summed E-state index contributed by atoms with van der Waals surface area (Å²) >= 11 is 5.46. The number of hydrogen-bond acceptors (Lipinski definition) is 3. The Hall–Kier alpha value is -0.830. The Morgan fingerprint density at radius 2 is 2.40 bits per heavy atom. The number of aromatic hydroxyl groups is 1. The minimum Gasteiger partial charge on any atom is -0.504 e. The Morgan fingerprint density at radius 1 is 1.70 bits per heavy atom. The second kappa shape index (κ2) is 2.84. The highest BCUT2D eigenvalue weighted by Crippen LogP contribution is 2.14. The Bertz CT molecular complexity index is 239. The second-order valence-corrected chi connectivity index (χ2v) is 2.16. The normalized spacial score (nSPS) is 9.80. The van der Waals surface area contributed by atoms with Crippen molar-refractivity contribution in [3.05, 3.63) is 17.2 Å². The molecule has 0 aliphatic heterocycles. The molecule has 0 aliphatic carbocycles. The fourth-order valence-electron chi connectivity index (χ4n) is 0.647. The van der Waals surface area contributed by atoms with E-state index in [-0.39, 0.29) is 11.0 Å². The molecule has 54 valence electrons. The van der Waals surface area contributed by atoms with E-state index in [1.54, 1.807) is 0 Å². The van der Waals surface area contributed by atoms with Gasteiger partial charge in [0.2, 0.25) is 5.28 Å².